The van der Waals surface area contributed by atoms with Gasteiger partial charge in [0, 0.05) is 0 Å². The molecule has 112 valence electrons. The molecular formula is C19H24O2. The molecular weight excluding hydrogens is 260 g/mol. The molecule has 2 rings (SSSR count). The highest BCUT2D eigenvalue weighted by Crippen LogP contribution is 2.28. The summed E-state index contributed by atoms with van der Waals surface area (Å²) in [6.07, 6.45) is 0.786. The van der Waals surface area contributed by atoms with E-state index in [9.17, 15) is 10.2 Å². The van der Waals surface area contributed by atoms with Gasteiger partial charge in [-0.2, -0.15) is 0 Å². The van der Waals surface area contributed by atoms with E-state index >= 15 is 0 Å². The van der Waals surface area contributed by atoms with Crippen LogP contribution in [-0.2, 0) is 17.6 Å². The number of hydrogen-bond acceptors (Lipinski definition) is 2. The van der Waals surface area contributed by atoms with Crippen LogP contribution in [0.15, 0.2) is 48.5 Å². The van der Waals surface area contributed by atoms with Crippen LogP contribution < -0.4 is 0 Å². The third kappa shape index (κ3) is 4.16. The average molecular weight is 284 g/mol. The molecule has 0 spiro atoms. The van der Waals surface area contributed by atoms with E-state index in [0.717, 1.165) is 23.1 Å². The molecule has 0 bridgehead atoms. The fourth-order valence-electron chi connectivity index (χ4n) is 2.33. The van der Waals surface area contributed by atoms with E-state index in [1.165, 1.54) is 5.56 Å². The summed E-state index contributed by atoms with van der Waals surface area (Å²) in [5.74, 6) is 0. The minimum atomic E-state index is -0.924. The maximum absolute atomic E-state index is 10.3. The van der Waals surface area contributed by atoms with Gasteiger partial charge in [-0.15, -0.1) is 0 Å². The zero-order chi connectivity index (χ0) is 15.7. The van der Waals surface area contributed by atoms with Crippen molar-refractivity contribution in [3.63, 3.8) is 0 Å². The van der Waals surface area contributed by atoms with Crippen molar-refractivity contribution in [2.45, 2.75) is 45.3 Å². The standard InChI is InChI=1S/C19H24O2/c1-18(2,20)16-11-15(10-14-8-6-5-7-9-14)12-17(13-16)19(3,4)21/h5-9,11-13,20-21H,10H2,1-4H3. The highest BCUT2D eigenvalue weighted by Gasteiger charge is 2.22. The topological polar surface area (TPSA) is 40.5 Å². The molecule has 2 N–H and O–H groups in total. The van der Waals surface area contributed by atoms with Gasteiger partial charge in [-0.1, -0.05) is 48.5 Å². The fourth-order valence-corrected chi connectivity index (χ4v) is 2.33. The summed E-state index contributed by atoms with van der Waals surface area (Å²) in [6, 6.07) is 16.1. The Kier molecular flexibility index (Phi) is 4.22. The molecule has 2 nitrogen and oxygen atoms in total. The molecule has 2 aromatic carbocycles. The SMILES string of the molecule is CC(C)(O)c1cc(Cc2ccccc2)cc(C(C)(C)O)c1. The fraction of sp³-hybridized carbons (Fsp3) is 0.368. The van der Waals surface area contributed by atoms with Crippen LogP contribution in [-0.4, -0.2) is 10.2 Å². The molecule has 0 unspecified atom stereocenters. The summed E-state index contributed by atoms with van der Waals surface area (Å²) in [5.41, 5.74) is 2.12. The van der Waals surface area contributed by atoms with E-state index in [0.29, 0.717) is 0 Å². The van der Waals surface area contributed by atoms with Gasteiger partial charge < -0.3 is 10.2 Å². The van der Waals surface area contributed by atoms with Gasteiger partial charge in [0.1, 0.15) is 0 Å². The quantitative estimate of drug-likeness (QED) is 0.898. The van der Waals surface area contributed by atoms with Gasteiger partial charge in [-0.05, 0) is 56.4 Å². The molecule has 0 aliphatic rings. The van der Waals surface area contributed by atoms with E-state index in [-0.39, 0.29) is 0 Å². The monoisotopic (exact) mass is 284 g/mol. The summed E-state index contributed by atoms with van der Waals surface area (Å²) >= 11 is 0. The van der Waals surface area contributed by atoms with Crippen molar-refractivity contribution in [3.8, 4) is 0 Å². The zero-order valence-electron chi connectivity index (χ0n) is 13.2. The molecule has 21 heavy (non-hydrogen) atoms. The Hall–Kier alpha value is -1.64. The first-order valence-corrected chi connectivity index (χ1v) is 7.30. The largest absolute Gasteiger partial charge is 0.386 e. The Balaban J connectivity index is 2.45. The average Bonchev–Trinajstić information content (AvgIpc) is 2.37. The van der Waals surface area contributed by atoms with Crippen LogP contribution in [0.4, 0.5) is 0 Å². The third-order valence-corrected chi connectivity index (χ3v) is 3.66. The molecule has 0 radical (unpaired) electrons. The normalized spacial score (nSPS) is 12.5. The molecule has 0 atom stereocenters. The van der Waals surface area contributed by atoms with Crippen LogP contribution in [0.25, 0.3) is 0 Å². The van der Waals surface area contributed by atoms with Crippen LogP contribution in [0.1, 0.15) is 49.9 Å². The summed E-state index contributed by atoms with van der Waals surface area (Å²) in [6.45, 7) is 7.07. The van der Waals surface area contributed by atoms with Crippen molar-refractivity contribution in [2.24, 2.45) is 0 Å². The number of hydrogen-bond donors (Lipinski definition) is 2. The lowest BCUT2D eigenvalue weighted by atomic mass is 9.87. The Morgan fingerprint density at radius 2 is 1.19 bits per heavy atom. The molecule has 0 amide bonds. The predicted molar refractivity (Wildman–Crippen MR) is 86.2 cm³/mol. The Morgan fingerprint density at radius 1 is 0.714 bits per heavy atom. The number of rotatable bonds is 4. The van der Waals surface area contributed by atoms with Crippen molar-refractivity contribution in [1.82, 2.24) is 0 Å². The second kappa shape index (κ2) is 5.63. The Labute approximate surface area is 127 Å². The lowest BCUT2D eigenvalue weighted by molar-refractivity contribution is 0.0716. The molecule has 0 aliphatic carbocycles. The third-order valence-electron chi connectivity index (χ3n) is 3.66. The van der Waals surface area contributed by atoms with E-state index in [2.05, 4.69) is 12.1 Å². The molecule has 0 saturated carbocycles. The van der Waals surface area contributed by atoms with E-state index < -0.39 is 11.2 Å². The zero-order valence-corrected chi connectivity index (χ0v) is 13.2. The molecule has 2 heteroatoms. The highest BCUT2D eigenvalue weighted by molar-refractivity contribution is 5.38. The highest BCUT2D eigenvalue weighted by atomic mass is 16.3. The van der Waals surface area contributed by atoms with Crippen molar-refractivity contribution in [3.05, 3.63) is 70.8 Å². The predicted octanol–water partition coefficient (Wildman–Crippen LogP) is 3.73. The van der Waals surface area contributed by atoms with Gasteiger partial charge in [-0.3, -0.25) is 0 Å². The lowest BCUT2D eigenvalue weighted by Crippen LogP contribution is -2.20. The molecule has 0 fully saturated rings. The van der Waals surface area contributed by atoms with Crippen LogP contribution >= 0.6 is 0 Å². The van der Waals surface area contributed by atoms with Crippen molar-refractivity contribution in [2.75, 3.05) is 0 Å². The summed E-state index contributed by atoms with van der Waals surface area (Å²) in [7, 11) is 0. The van der Waals surface area contributed by atoms with Gasteiger partial charge >= 0.3 is 0 Å². The first-order chi connectivity index (χ1) is 9.66. The second-order valence-electron chi connectivity index (χ2n) is 6.70. The van der Waals surface area contributed by atoms with Crippen molar-refractivity contribution in [1.29, 1.82) is 0 Å². The molecule has 0 heterocycles. The summed E-state index contributed by atoms with van der Waals surface area (Å²) in [4.78, 5) is 0. The summed E-state index contributed by atoms with van der Waals surface area (Å²) < 4.78 is 0. The van der Waals surface area contributed by atoms with E-state index in [1.807, 2.05) is 36.4 Å². The van der Waals surface area contributed by atoms with Crippen LogP contribution in [0.5, 0.6) is 0 Å². The summed E-state index contributed by atoms with van der Waals surface area (Å²) in [5, 5.41) is 20.6. The van der Waals surface area contributed by atoms with Gasteiger partial charge in [0.15, 0.2) is 0 Å². The first-order valence-electron chi connectivity index (χ1n) is 7.30. The van der Waals surface area contributed by atoms with Gasteiger partial charge in [0.05, 0.1) is 11.2 Å². The first kappa shape index (κ1) is 15.7. The molecule has 2 aromatic rings. The van der Waals surface area contributed by atoms with Crippen LogP contribution in [0.2, 0.25) is 0 Å². The van der Waals surface area contributed by atoms with Gasteiger partial charge in [-0.25, -0.2) is 0 Å². The maximum atomic E-state index is 10.3. The smallest absolute Gasteiger partial charge is 0.0840 e. The van der Waals surface area contributed by atoms with E-state index in [1.54, 1.807) is 27.7 Å². The number of benzene rings is 2. The maximum Gasteiger partial charge on any atom is 0.0840 e. The van der Waals surface area contributed by atoms with Crippen LogP contribution in [0, 0.1) is 0 Å². The number of aliphatic hydroxyl groups is 2. The van der Waals surface area contributed by atoms with E-state index in [4.69, 9.17) is 0 Å². The minimum absolute atomic E-state index is 0.786. The molecule has 0 saturated heterocycles. The van der Waals surface area contributed by atoms with Crippen LogP contribution in [0.3, 0.4) is 0 Å². The van der Waals surface area contributed by atoms with Gasteiger partial charge in [0.25, 0.3) is 0 Å². The Bertz CT molecular complexity index is 569. The molecule has 0 aromatic heterocycles. The van der Waals surface area contributed by atoms with Crippen molar-refractivity contribution >= 4 is 0 Å². The molecule has 0 aliphatic heterocycles. The minimum Gasteiger partial charge on any atom is -0.386 e. The Morgan fingerprint density at radius 3 is 1.62 bits per heavy atom. The van der Waals surface area contributed by atoms with Gasteiger partial charge in [0.2, 0.25) is 0 Å². The lowest BCUT2D eigenvalue weighted by Gasteiger charge is -2.24. The second-order valence-corrected chi connectivity index (χ2v) is 6.70. The van der Waals surface area contributed by atoms with Crippen molar-refractivity contribution < 1.29 is 10.2 Å².